The van der Waals surface area contributed by atoms with Crippen LogP contribution in [0, 0.1) is 11.3 Å². The molecule has 5 nitrogen and oxygen atoms in total. The monoisotopic (exact) mass is 295 g/mol. The van der Waals surface area contributed by atoms with Crippen molar-refractivity contribution in [2.24, 2.45) is 0 Å². The van der Waals surface area contributed by atoms with Gasteiger partial charge in [-0.15, -0.1) is 0 Å². The van der Waals surface area contributed by atoms with Crippen molar-refractivity contribution in [3.8, 4) is 11.8 Å². The summed E-state index contributed by atoms with van der Waals surface area (Å²) < 4.78 is 5.09. The molecule has 0 fully saturated rings. The van der Waals surface area contributed by atoms with Crippen LogP contribution in [0.4, 0.5) is 11.4 Å². The van der Waals surface area contributed by atoms with Gasteiger partial charge in [-0.25, -0.2) is 0 Å². The van der Waals surface area contributed by atoms with Crippen molar-refractivity contribution < 1.29 is 9.53 Å². The maximum atomic E-state index is 12.1. The van der Waals surface area contributed by atoms with Gasteiger partial charge in [-0.1, -0.05) is 0 Å². The SMILES string of the molecule is COc1ccc(N[C@H](C)C(=O)Nc2ccc(C#N)cc2)cc1. The second-order valence-corrected chi connectivity index (χ2v) is 4.77. The van der Waals surface area contributed by atoms with E-state index in [9.17, 15) is 4.79 Å². The molecule has 2 aromatic rings. The van der Waals surface area contributed by atoms with Crippen LogP contribution in [0.25, 0.3) is 0 Å². The lowest BCUT2D eigenvalue weighted by Crippen LogP contribution is -2.31. The fraction of sp³-hybridized carbons (Fsp3) is 0.176. The van der Waals surface area contributed by atoms with Crippen LogP contribution in [0.2, 0.25) is 0 Å². The number of nitrogens with zero attached hydrogens (tertiary/aromatic N) is 1. The van der Waals surface area contributed by atoms with Crippen molar-refractivity contribution in [2.75, 3.05) is 17.7 Å². The number of nitriles is 1. The Balaban J connectivity index is 1.94. The summed E-state index contributed by atoms with van der Waals surface area (Å²) in [5.74, 6) is 0.612. The van der Waals surface area contributed by atoms with Gasteiger partial charge in [0.2, 0.25) is 5.91 Å². The zero-order valence-corrected chi connectivity index (χ0v) is 12.5. The number of nitrogens with one attached hydrogen (secondary N) is 2. The second kappa shape index (κ2) is 7.14. The number of ether oxygens (including phenoxy) is 1. The molecule has 0 aromatic heterocycles. The van der Waals surface area contributed by atoms with E-state index in [2.05, 4.69) is 10.6 Å². The zero-order valence-electron chi connectivity index (χ0n) is 12.5. The number of carbonyl (C=O) groups excluding carboxylic acids is 1. The lowest BCUT2D eigenvalue weighted by atomic mass is 10.2. The predicted molar refractivity (Wildman–Crippen MR) is 85.9 cm³/mol. The first kappa shape index (κ1) is 15.4. The summed E-state index contributed by atoms with van der Waals surface area (Å²) in [5.41, 5.74) is 2.05. The van der Waals surface area contributed by atoms with Crippen LogP contribution >= 0.6 is 0 Å². The molecule has 0 saturated heterocycles. The highest BCUT2D eigenvalue weighted by Crippen LogP contribution is 2.16. The van der Waals surface area contributed by atoms with E-state index in [1.54, 1.807) is 38.3 Å². The molecule has 0 saturated carbocycles. The van der Waals surface area contributed by atoms with Crippen LogP contribution in [0.1, 0.15) is 12.5 Å². The highest BCUT2D eigenvalue weighted by atomic mass is 16.5. The van der Waals surface area contributed by atoms with Gasteiger partial charge in [-0.3, -0.25) is 4.79 Å². The van der Waals surface area contributed by atoms with Crippen molar-refractivity contribution in [2.45, 2.75) is 13.0 Å². The van der Waals surface area contributed by atoms with Gasteiger partial charge in [0.15, 0.2) is 0 Å². The average Bonchev–Trinajstić information content (AvgIpc) is 2.56. The molecule has 112 valence electrons. The van der Waals surface area contributed by atoms with E-state index in [0.29, 0.717) is 11.3 Å². The fourth-order valence-electron chi connectivity index (χ4n) is 1.88. The number of hydrogen-bond acceptors (Lipinski definition) is 4. The van der Waals surface area contributed by atoms with Crippen LogP contribution in [0.3, 0.4) is 0 Å². The number of amides is 1. The lowest BCUT2D eigenvalue weighted by molar-refractivity contribution is -0.116. The summed E-state index contributed by atoms with van der Waals surface area (Å²) in [6.45, 7) is 1.78. The molecule has 0 aliphatic rings. The summed E-state index contributed by atoms with van der Waals surface area (Å²) >= 11 is 0. The highest BCUT2D eigenvalue weighted by molar-refractivity contribution is 5.96. The van der Waals surface area contributed by atoms with E-state index >= 15 is 0 Å². The Labute approximate surface area is 129 Å². The number of carbonyl (C=O) groups is 1. The van der Waals surface area contributed by atoms with Crippen LogP contribution in [-0.4, -0.2) is 19.1 Å². The molecule has 2 aromatic carbocycles. The molecule has 0 radical (unpaired) electrons. The fourth-order valence-corrected chi connectivity index (χ4v) is 1.88. The molecule has 2 N–H and O–H groups in total. The zero-order chi connectivity index (χ0) is 15.9. The quantitative estimate of drug-likeness (QED) is 0.889. The molecule has 0 aliphatic heterocycles. The Morgan fingerprint density at radius 1 is 1.09 bits per heavy atom. The van der Waals surface area contributed by atoms with E-state index in [1.807, 2.05) is 30.3 Å². The van der Waals surface area contributed by atoms with Crippen molar-refractivity contribution in [3.63, 3.8) is 0 Å². The second-order valence-electron chi connectivity index (χ2n) is 4.77. The standard InChI is InChI=1S/C17H17N3O2/c1-12(19-14-7-9-16(22-2)10-8-14)17(21)20-15-5-3-13(11-18)4-6-15/h3-10,12,19H,1-2H3,(H,20,21)/t12-/m1/s1. The van der Waals surface area contributed by atoms with Crippen LogP contribution in [0.15, 0.2) is 48.5 Å². The molecule has 0 aliphatic carbocycles. The molecular weight excluding hydrogens is 278 g/mol. The Morgan fingerprint density at radius 3 is 2.23 bits per heavy atom. The van der Waals surface area contributed by atoms with Gasteiger partial charge in [-0.2, -0.15) is 5.26 Å². The first-order valence-electron chi connectivity index (χ1n) is 6.84. The minimum atomic E-state index is -0.399. The average molecular weight is 295 g/mol. The van der Waals surface area contributed by atoms with Crippen molar-refractivity contribution in [3.05, 3.63) is 54.1 Å². The van der Waals surface area contributed by atoms with E-state index in [0.717, 1.165) is 11.4 Å². The van der Waals surface area contributed by atoms with E-state index in [-0.39, 0.29) is 5.91 Å². The number of methoxy groups -OCH3 is 1. The van der Waals surface area contributed by atoms with Gasteiger partial charge >= 0.3 is 0 Å². The predicted octanol–water partition coefficient (Wildman–Crippen LogP) is 3.01. The summed E-state index contributed by atoms with van der Waals surface area (Å²) in [6, 6.07) is 15.7. The topological polar surface area (TPSA) is 74.2 Å². The highest BCUT2D eigenvalue weighted by Gasteiger charge is 2.12. The van der Waals surface area contributed by atoms with E-state index in [1.165, 1.54) is 0 Å². The Hall–Kier alpha value is -3.00. The minimum Gasteiger partial charge on any atom is -0.497 e. The Morgan fingerprint density at radius 2 is 1.68 bits per heavy atom. The number of benzene rings is 2. The van der Waals surface area contributed by atoms with E-state index in [4.69, 9.17) is 10.00 Å². The van der Waals surface area contributed by atoms with Crippen LogP contribution in [0.5, 0.6) is 5.75 Å². The molecule has 2 rings (SSSR count). The normalized spacial score (nSPS) is 11.1. The van der Waals surface area contributed by atoms with Gasteiger partial charge in [0, 0.05) is 11.4 Å². The van der Waals surface area contributed by atoms with E-state index < -0.39 is 6.04 Å². The summed E-state index contributed by atoms with van der Waals surface area (Å²) in [7, 11) is 1.61. The van der Waals surface area contributed by atoms with Crippen molar-refractivity contribution >= 4 is 17.3 Å². The first-order chi connectivity index (χ1) is 10.6. The Bertz CT molecular complexity index is 673. The van der Waals surface area contributed by atoms with Crippen LogP contribution < -0.4 is 15.4 Å². The maximum absolute atomic E-state index is 12.1. The molecule has 0 unspecified atom stereocenters. The van der Waals surface area contributed by atoms with Crippen molar-refractivity contribution in [1.82, 2.24) is 0 Å². The third kappa shape index (κ3) is 4.00. The maximum Gasteiger partial charge on any atom is 0.246 e. The van der Waals surface area contributed by atoms with Gasteiger partial charge in [0.1, 0.15) is 11.8 Å². The van der Waals surface area contributed by atoms with Gasteiger partial charge in [-0.05, 0) is 55.5 Å². The first-order valence-corrected chi connectivity index (χ1v) is 6.84. The summed E-state index contributed by atoms with van der Waals surface area (Å²) in [4.78, 5) is 12.1. The largest absolute Gasteiger partial charge is 0.497 e. The van der Waals surface area contributed by atoms with Gasteiger partial charge in [0.25, 0.3) is 0 Å². The number of rotatable bonds is 5. The molecule has 1 amide bonds. The minimum absolute atomic E-state index is 0.152. The summed E-state index contributed by atoms with van der Waals surface area (Å²) in [6.07, 6.45) is 0. The van der Waals surface area contributed by atoms with Gasteiger partial charge in [0.05, 0.1) is 18.7 Å². The molecule has 0 bridgehead atoms. The van der Waals surface area contributed by atoms with Gasteiger partial charge < -0.3 is 15.4 Å². The third-order valence-corrected chi connectivity index (χ3v) is 3.15. The number of hydrogen-bond donors (Lipinski definition) is 2. The molecular formula is C17H17N3O2. The smallest absolute Gasteiger partial charge is 0.246 e. The molecule has 0 spiro atoms. The third-order valence-electron chi connectivity index (χ3n) is 3.15. The molecule has 1 atom stereocenters. The number of anilines is 2. The Kier molecular flexibility index (Phi) is 4.99. The van der Waals surface area contributed by atoms with Crippen LogP contribution in [-0.2, 0) is 4.79 Å². The molecule has 5 heteroatoms. The molecule has 22 heavy (non-hydrogen) atoms. The van der Waals surface area contributed by atoms with Crippen molar-refractivity contribution in [1.29, 1.82) is 5.26 Å². The lowest BCUT2D eigenvalue weighted by Gasteiger charge is -2.15. The summed E-state index contributed by atoms with van der Waals surface area (Å²) in [5, 5.41) is 14.7. The molecule has 0 heterocycles.